The summed E-state index contributed by atoms with van der Waals surface area (Å²) >= 11 is 1.95. The maximum absolute atomic E-state index is 5.47. The molecule has 78 valence electrons. The molecule has 1 aliphatic rings. The summed E-state index contributed by atoms with van der Waals surface area (Å²) < 4.78 is 10.5. The van der Waals surface area contributed by atoms with Crippen LogP contribution in [0.5, 0.6) is 0 Å². The van der Waals surface area contributed by atoms with Gasteiger partial charge in [-0.15, -0.1) is 0 Å². The summed E-state index contributed by atoms with van der Waals surface area (Å²) in [5, 5.41) is 0.649. The minimum atomic E-state index is 0.388. The van der Waals surface area contributed by atoms with Gasteiger partial charge >= 0.3 is 0 Å². The summed E-state index contributed by atoms with van der Waals surface area (Å²) in [5.74, 6) is 1.07. The highest BCUT2D eigenvalue weighted by Crippen LogP contribution is 2.18. The van der Waals surface area contributed by atoms with Gasteiger partial charge in [0.05, 0.1) is 12.7 Å². The van der Waals surface area contributed by atoms with E-state index < -0.39 is 0 Å². The van der Waals surface area contributed by atoms with Crippen LogP contribution in [0.2, 0.25) is 0 Å². The van der Waals surface area contributed by atoms with Gasteiger partial charge in [-0.3, -0.25) is 0 Å². The Bertz CT molecular complexity index is 129. The molecule has 4 heteroatoms. The van der Waals surface area contributed by atoms with Crippen LogP contribution in [0.1, 0.15) is 19.8 Å². The average molecular weight is 205 g/mol. The van der Waals surface area contributed by atoms with Crippen molar-refractivity contribution in [3.8, 4) is 0 Å². The molecule has 0 aromatic carbocycles. The van der Waals surface area contributed by atoms with Crippen LogP contribution in [-0.4, -0.2) is 37.1 Å². The quantitative estimate of drug-likeness (QED) is 0.733. The third-order valence-electron chi connectivity index (χ3n) is 2.11. The molecular weight excluding hydrogens is 186 g/mol. The van der Waals surface area contributed by atoms with E-state index in [1.807, 2.05) is 11.8 Å². The van der Waals surface area contributed by atoms with Gasteiger partial charge in [-0.1, -0.05) is 6.92 Å². The smallest absolute Gasteiger partial charge is 0.147 e. The van der Waals surface area contributed by atoms with Crippen LogP contribution in [0.15, 0.2) is 0 Å². The summed E-state index contributed by atoms with van der Waals surface area (Å²) in [7, 11) is 0. The second-order valence-corrected chi connectivity index (χ2v) is 4.80. The van der Waals surface area contributed by atoms with E-state index in [0.717, 1.165) is 31.7 Å². The van der Waals surface area contributed by atoms with E-state index in [0.29, 0.717) is 18.1 Å². The molecule has 2 N–H and O–H groups in total. The van der Waals surface area contributed by atoms with Gasteiger partial charge in [0.25, 0.3) is 0 Å². The predicted octanol–water partition coefficient (Wildman–Crippen LogP) is 1.22. The molecule has 2 atom stereocenters. The first kappa shape index (κ1) is 11.3. The Balaban J connectivity index is 2.03. The van der Waals surface area contributed by atoms with Crippen molar-refractivity contribution in [1.82, 2.24) is 0 Å². The predicted molar refractivity (Wildman–Crippen MR) is 55.9 cm³/mol. The number of thioether (sulfide) groups is 1. The van der Waals surface area contributed by atoms with Crippen LogP contribution in [0.3, 0.4) is 0 Å². The van der Waals surface area contributed by atoms with E-state index in [1.54, 1.807) is 0 Å². The number of ether oxygens (including phenoxy) is 2. The first-order valence-electron chi connectivity index (χ1n) is 4.84. The van der Waals surface area contributed by atoms with Gasteiger partial charge in [-0.25, -0.2) is 0 Å². The van der Waals surface area contributed by atoms with Crippen molar-refractivity contribution >= 4 is 11.8 Å². The maximum atomic E-state index is 5.47. The zero-order valence-corrected chi connectivity index (χ0v) is 9.02. The van der Waals surface area contributed by atoms with Crippen molar-refractivity contribution < 1.29 is 9.47 Å². The van der Waals surface area contributed by atoms with E-state index >= 15 is 0 Å². The molecule has 0 amide bonds. The molecule has 0 aliphatic carbocycles. The van der Waals surface area contributed by atoms with Gasteiger partial charge < -0.3 is 15.2 Å². The Morgan fingerprint density at radius 2 is 2.46 bits per heavy atom. The number of nitrogens with two attached hydrogens (primary N) is 1. The van der Waals surface area contributed by atoms with Crippen LogP contribution in [0.25, 0.3) is 0 Å². The molecule has 0 bridgehead atoms. The molecular formula is C9H19NO2S. The molecule has 1 fully saturated rings. The Labute approximate surface area is 84.3 Å². The monoisotopic (exact) mass is 205 g/mol. The van der Waals surface area contributed by atoms with Crippen molar-refractivity contribution in [1.29, 1.82) is 0 Å². The minimum Gasteiger partial charge on any atom is -0.355 e. The molecule has 0 aromatic heterocycles. The van der Waals surface area contributed by atoms with Crippen molar-refractivity contribution in [2.75, 3.05) is 25.7 Å². The van der Waals surface area contributed by atoms with E-state index in [4.69, 9.17) is 15.2 Å². The van der Waals surface area contributed by atoms with E-state index in [1.165, 1.54) is 0 Å². The number of hydrogen-bond acceptors (Lipinski definition) is 4. The fourth-order valence-electron chi connectivity index (χ4n) is 1.22. The van der Waals surface area contributed by atoms with E-state index in [2.05, 4.69) is 6.92 Å². The SMILES string of the molecule is CC(CCN)SCC1CCOCO1. The van der Waals surface area contributed by atoms with Crippen LogP contribution in [0.4, 0.5) is 0 Å². The maximum Gasteiger partial charge on any atom is 0.147 e. The summed E-state index contributed by atoms with van der Waals surface area (Å²) in [5.41, 5.74) is 5.47. The van der Waals surface area contributed by atoms with Gasteiger partial charge in [-0.05, 0) is 19.4 Å². The molecule has 0 saturated carbocycles. The van der Waals surface area contributed by atoms with Crippen LogP contribution in [0, 0.1) is 0 Å². The minimum absolute atomic E-state index is 0.388. The fraction of sp³-hybridized carbons (Fsp3) is 1.00. The number of hydrogen-bond donors (Lipinski definition) is 1. The topological polar surface area (TPSA) is 44.5 Å². The second-order valence-electron chi connectivity index (χ2n) is 3.32. The summed E-state index contributed by atoms with van der Waals surface area (Å²) in [6.45, 7) is 4.31. The molecule has 3 nitrogen and oxygen atoms in total. The van der Waals surface area contributed by atoms with Gasteiger partial charge in [0.2, 0.25) is 0 Å². The molecule has 1 heterocycles. The Morgan fingerprint density at radius 1 is 1.62 bits per heavy atom. The Kier molecular flexibility index (Phi) is 5.78. The van der Waals surface area contributed by atoms with Crippen LogP contribution < -0.4 is 5.73 Å². The van der Waals surface area contributed by atoms with Crippen molar-refractivity contribution in [3.05, 3.63) is 0 Å². The summed E-state index contributed by atoms with van der Waals surface area (Å²) in [4.78, 5) is 0. The normalized spacial score (nSPS) is 25.8. The molecule has 13 heavy (non-hydrogen) atoms. The molecule has 0 radical (unpaired) electrons. The highest BCUT2D eigenvalue weighted by atomic mass is 32.2. The molecule has 0 spiro atoms. The lowest BCUT2D eigenvalue weighted by molar-refractivity contribution is -0.130. The molecule has 0 aromatic rings. The van der Waals surface area contributed by atoms with Crippen molar-refractivity contribution in [3.63, 3.8) is 0 Å². The van der Waals surface area contributed by atoms with Gasteiger partial charge in [0, 0.05) is 11.0 Å². The Hall–Kier alpha value is 0.230. The second kappa shape index (κ2) is 6.65. The summed E-state index contributed by atoms with van der Waals surface area (Å²) in [6, 6.07) is 0. The zero-order valence-electron chi connectivity index (χ0n) is 8.20. The summed E-state index contributed by atoms with van der Waals surface area (Å²) in [6.07, 6.45) is 2.51. The molecule has 1 aliphatic heterocycles. The van der Waals surface area contributed by atoms with Crippen molar-refractivity contribution in [2.24, 2.45) is 5.73 Å². The third-order valence-corrected chi connectivity index (χ3v) is 3.48. The fourth-order valence-corrected chi connectivity index (χ4v) is 2.33. The largest absolute Gasteiger partial charge is 0.355 e. The first-order valence-corrected chi connectivity index (χ1v) is 5.89. The highest BCUT2D eigenvalue weighted by Gasteiger charge is 2.15. The van der Waals surface area contributed by atoms with Crippen molar-refractivity contribution in [2.45, 2.75) is 31.1 Å². The van der Waals surface area contributed by atoms with Gasteiger partial charge in [0.1, 0.15) is 6.79 Å². The standard InChI is InChI=1S/C9H19NO2S/c1-8(2-4-10)13-6-9-3-5-11-7-12-9/h8-9H,2-7,10H2,1H3. The lowest BCUT2D eigenvalue weighted by atomic mass is 10.3. The van der Waals surface area contributed by atoms with Gasteiger partial charge in [0.15, 0.2) is 0 Å². The first-order chi connectivity index (χ1) is 6.33. The molecule has 1 rings (SSSR count). The number of rotatable bonds is 5. The Morgan fingerprint density at radius 3 is 3.08 bits per heavy atom. The molecule has 2 unspecified atom stereocenters. The molecule has 1 saturated heterocycles. The highest BCUT2D eigenvalue weighted by molar-refractivity contribution is 7.99. The van der Waals surface area contributed by atoms with E-state index in [9.17, 15) is 0 Å². The van der Waals surface area contributed by atoms with Gasteiger partial charge in [-0.2, -0.15) is 11.8 Å². The lowest BCUT2D eigenvalue weighted by Crippen LogP contribution is -2.26. The van der Waals surface area contributed by atoms with Crippen LogP contribution >= 0.6 is 11.8 Å². The van der Waals surface area contributed by atoms with E-state index in [-0.39, 0.29) is 0 Å². The lowest BCUT2D eigenvalue weighted by Gasteiger charge is -2.23. The third kappa shape index (κ3) is 4.86. The zero-order chi connectivity index (χ0) is 9.52. The van der Waals surface area contributed by atoms with Crippen LogP contribution in [-0.2, 0) is 9.47 Å². The average Bonchev–Trinajstić information content (AvgIpc) is 2.17.